The molecular formula is C17H22ClNO2. The quantitative estimate of drug-likeness (QED) is 0.792. The van der Waals surface area contributed by atoms with E-state index in [2.05, 4.69) is 0 Å². The topological polar surface area (TPSA) is 29.5 Å². The lowest BCUT2D eigenvalue weighted by molar-refractivity contribution is -0.0229. The van der Waals surface area contributed by atoms with Crippen LogP contribution in [0.15, 0.2) is 18.2 Å². The average molecular weight is 308 g/mol. The Morgan fingerprint density at radius 1 is 1.29 bits per heavy atom. The highest BCUT2D eigenvalue weighted by Crippen LogP contribution is 2.39. The number of piperidine rings is 1. The molecule has 1 amide bonds. The Morgan fingerprint density at radius 3 is 2.81 bits per heavy atom. The van der Waals surface area contributed by atoms with Crippen LogP contribution in [0, 0.1) is 12.3 Å². The highest BCUT2D eigenvalue weighted by molar-refractivity contribution is 6.33. The van der Waals surface area contributed by atoms with Gasteiger partial charge in [-0.3, -0.25) is 4.79 Å². The highest BCUT2D eigenvalue weighted by atomic mass is 35.5. The molecule has 0 saturated carbocycles. The van der Waals surface area contributed by atoms with E-state index in [-0.39, 0.29) is 11.3 Å². The Hall–Kier alpha value is -1.06. The van der Waals surface area contributed by atoms with Crippen molar-refractivity contribution in [2.75, 3.05) is 26.3 Å². The maximum atomic E-state index is 12.8. The molecule has 0 aliphatic carbocycles. The first-order valence-electron chi connectivity index (χ1n) is 7.73. The van der Waals surface area contributed by atoms with Crippen molar-refractivity contribution in [3.63, 3.8) is 0 Å². The number of rotatable bonds is 1. The largest absolute Gasteiger partial charge is 0.381 e. The van der Waals surface area contributed by atoms with Gasteiger partial charge >= 0.3 is 0 Å². The van der Waals surface area contributed by atoms with Gasteiger partial charge in [-0.1, -0.05) is 23.2 Å². The minimum atomic E-state index is 0.0780. The third-order valence-corrected chi connectivity index (χ3v) is 5.18. The lowest BCUT2D eigenvalue weighted by Gasteiger charge is -2.45. The van der Waals surface area contributed by atoms with Crippen LogP contribution in [0.25, 0.3) is 0 Å². The number of nitrogens with zero attached hydrogens (tertiary/aromatic N) is 1. The Balaban J connectivity index is 1.79. The zero-order valence-electron chi connectivity index (χ0n) is 12.5. The lowest BCUT2D eigenvalue weighted by atomic mass is 9.74. The van der Waals surface area contributed by atoms with Gasteiger partial charge in [0.05, 0.1) is 10.6 Å². The summed E-state index contributed by atoms with van der Waals surface area (Å²) in [5.41, 5.74) is 1.98. The van der Waals surface area contributed by atoms with E-state index in [4.69, 9.17) is 16.3 Å². The molecule has 0 atom stereocenters. The number of aryl methyl sites for hydroxylation is 1. The van der Waals surface area contributed by atoms with Gasteiger partial charge in [0.1, 0.15) is 0 Å². The maximum Gasteiger partial charge on any atom is 0.255 e. The number of halogens is 1. The van der Waals surface area contributed by atoms with Crippen molar-refractivity contribution in [3.8, 4) is 0 Å². The number of carbonyl (C=O) groups excluding carboxylic acids is 1. The molecule has 2 heterocycles. The van der Waals surface area contributed by atoms with Crippen LogP contribution in [0.1, 0.15) is 41.6 Å². The predicted octanol–water partition coefficient (Wildman–Crippen LogP) is 3.68. The Bertz CT molecular complexity index is 532. The van der Waals surface area contributed by atoms with Crippen LogP contribution in [0.5, 0.6) is 0 Å². The van der Waals surface area contributed by atoms with Crippen LogP contribution in [-0.2, 0) is 4.74 Å². The summed E-state index contributed by atoms with van der Waals surface area (Å²) in [5, 5.41) is 0.553. The van der Waals surface area contributed by atoms with Gasteiger partial charge in [-0.05, 0) is 50.2 Å². The molecule has 1 aromatic rings. The molecule has 1 aromatic carbocycles. The average Bonchev–Trinajstić information content (AvgIpc) is 2.50. The number of likely N-dealkylation sites (tertiary alicyclic amines) is 1. The monoisotopic (exact) mass is 307 g/mol. The maximum absolute atomic E-state index is 12.8. The van der Waals surface area contributed by atoms with Crippen molar-refractivity contribution in [1.82, 2.24) is 4.90 Å². The van der Waals surface area contributed by atoms with Gasteiger partial charge < -0.3 is 9.64 Å². The fraction of sp³-hybridized carbons (Fsp3) is 0.588. The molecule has 3 nitrogen and oxygen atoms in total. The summed E-state index contributed by atoms with van der Waals surface area (Å²) in [6, 6.07) is 5.66. The normalized spacial score (nSPS) is 21.5. The fourth-order valence-corrected chi connectivity index (χ4v) is 3.77. The molecule has 0 radical (unpaired) electrons. The highest BCUT2D eigenvalue weighted by Gasteiger charge is 2.38. The van der Waals surface area contributed by atoms with Crippen LogP contribution in [0.2, 0.25) is 5.02 Å². The second-order valence-electron chi connectivity index (χ2n) is 6.43. The van der Waals surface area contributed by atoms with Crippen molar-refractivity contribution in [2.24, 2.45) is 5.41 Å². The molecule has 1 spiro atoms. The van der Waals surface area contributed by atoms with Gasteiger partial charge in [0.25, 0.3) is 5.91 Å². The molecule has 4 heteroatoms. The summed E-state index contributed by atoms with van der Waals surface area (Å²) in [7, 11) is 0. The molecule has 2 aliphatic heterocycles. The van der Waals surface area contributed by atoms with E-state index < -0.39 is 0 Å². The summed E-state index contributed by atoms with van der Waals surface area (Å²) in [4.78, 5) is 14.8. The zero-order valence-corrected chi connectivity index (χ0v) is 13.3. The van der Waals surface area contributed by atoms with Crippen LogP contribution in [0.3, 0.4) is 0 Å². The molecule has 21 heavy (non-hydrogen) atoms. The Morgan fingerprint density at radius 2 is 2.05 bits per heavy atom. The number of ether oxygens (including phenoxy) is 1. The van der Waals surface area contributed by atoms with Gasteiger partial charge in [0.15, 0.2) is 0 Å². The van der Waals surface area contributed by atoms with Crippen molar-refractivity contribution >= 4 is 17.5 Å². The predicted molar refractivity (Wildman–Crippen MR) is 83.8 cm³/mol. The van der Waals surface area contributed by atoms with Crippen molar-refractivity contribution < 1.29 is 9.53 Å². The Kier molecular flexibility index (Phi) is 4.23. The first-order chi connectivity index (χ1) is 10.1. The summed E-state index contributed by atoms with van der Waals surface area (Å²) < 4.78 is 5.49. The minimum Gasteiger partial charge on any atom is -0.381 e. The number of benzene rings is 1. The van der Waals surface area contributed by atoms with Crippen LogP contribution in [-0.4, -0.2) is 37.1 Å². The second kappa shape index (κ2) is 5.98. The summed E-state index contributed by atoms with van der Waals surface area (Å²) in [5.74, 6) is 0.0780. The molecule has 2 fully saturated rings. The molecule has 2 aliphatic rings. The molecule has 0 bridgehead atoms. The molecule has 0 aromatic heterocycles. The van der Waals surface area contributed by atoms with E-state index in [1.807, 2.05) is 30.0 Å². The van der Waals surface area contributed by atoms with Crippen LogP contribution < -0.4 is 0 Å². The minimum absolute atomic E-state index is 0.0780. The number of carbonyl (C=O) groups is 1. The first kappa shape index (κ1) is 14.9. The smallest absolute Gasteiger partial charge is 0.255 e. The van der Waals surface area contributed by atoms with Gasteiger partial charge in [0, 0.05) is 26.3 Å². The molecule has 0 unspecified atom stereocenters. The molecule has 2 saturated heterocycles. The van der Waals surface area contributed by atoms with Gasteiger partial charge in [0.2, 0.25) is 0 Å². The molecule has 3 rings (SSSR count). The van der Waals surface area contributed by atoms with Crippen molar-refractivity contribution in [2.45, 2.75) is 32.6 Å². The lowest BCUT2D eigenvalue weighted by Crippen LogP contribution is -2.48. The first-order valence-corrected chi connectivity index (χ1v) is 8.11. The Labute approximate surface area is 131 Å². The summed E-state index contributed by atoms with van der Waals surface area (Å²) >= 11 is 6.22. The molecule has 0 N–H and O–H groups in total. The van der Waals surface area contributed by atoms with Crippen LogP contribution in [0.4, 0.5) is 0 Å². The van der Waals surface area contributed by atoms with Gasteiger partial charge in [-0.2, -0.15) is 0 Å². The van der Waals surface area contributed by atoms with E-state index in [0.717, 1.165) is 51.1 Å². The third-order valence-electron chi connectivity index (χ3n) is 4.85. The fourth-order valence-electron chi connectivity index (χ4n) is 3.57. The summed E-state index contributed by atoms with van der Waals surface area (Å²) in [6.45, 7) is 5.33. The number of amides is 1. The molecular weight excluding hydrogens is 286 g/mol. The summed E-state index contributed by atoms with van der Waals surface area (Å²) in [6.07, 6.45) is 4.42. The van der Waals surface area contributed by atoms with Gasteiger partial charge in [-0.15, -0.1) is 0 Å². The van der Waals surface area contributed by atoms with E-state index in [9.17, 15) is 4.79 Å². The van der Waals surface area contributed by atoms with E-state index in [0.29, 0.717) is 10.6 Å². The van der Waals surface area contributed by atoms with E-state index in [1.54, 1.807) is 0 Å². The second-order valence-corrected chi connectivity index (χ2v) is 6.83. The van der Waals surface area contributed by atoms with E-state index in [1.165, 1.54) is 6.42 Å². The van der Waals surface area contributed by atoms with E-state index >= 15 is 0 Å². The third kappa shape index (κ3) is 3.09. The van der Waals surface area contributed by atoms with Crippen molar-refractivity contribution in [1.29, 1.82) is 0 Å². The SMILES string of the molecule is Cc1ccc(Cl)c(C(=O)N2CCCC3(CCOCC3)C2)c1. The van der Waals surface area contributed by atoms with Crippen molar-refractivity contribution in [3.05, 3.63) is 34.3 Å². The van der Waals surface area contributed by atoms with Gasteiger partial charge in [-0.25, -0.2) is 0 Å². The number of hydrogen-bond acceptors (Lipinski definition) is 2. The zero-order chi connectivity index (χ0) is 14.9. The van der Waals surface area contributed by atoms with Crippen LogP contribution >= 0.6 is 11.6 Å². The molecule has 114 valence electrons. The standard InChI is InChI=1S/C17H22ClNO2/c1-13-3-4-15(18)14(11-13)16(20)19-8-2-5-17(12-19)6-9-21-10-7-17/h3-4,11H,2,5-10,12H2,1H3. The number of hydrogen-bond donors (Lipinski definition) is 0.